The van der Waals surface area contributed by atoms with Crippen LogP contribution in [-0.2, 0) is 0 Å². The van der Waals surface area contributed by atoms with Gasteiger partial charge in [-0.3, -0.25) is 0 Å². The lowest BCUT2D eigenvalue weighted by Crippen LogP contribution is -1.80. The molecule has 2 rings (SSSR count). The molecule has 0 bridgehead atoms. The molecule has 0 spiro atoms. The van der Waals surface area contributed by atoms with Crippen LogP contribution in [-0.4, -0.2) is 10.1 Å². The van der Waals surface area contributed by atoms with Gasteiger partial charge in [-0.1, -0.05) is 16.8 Å². The van der Waals surface area contributed by atoms with Crippen LogP contribution >= 0.6 is 34.2 Å². The second kappa shape index (κ2) is 3.86. The molecule has 0 aliphatic heterocycles. The van der Waals surface area contributed by atoms with Crippen molar-refractivity contribution in [1.82, 2.24) is 10.1 Å². The van der Waals surface area contributed by atoms with E-state index in [0.29, 0.717) is 16.7 Å². The summed E-state index contributed by atoms with van der Waals surface area (Å²) in [5, 5.41) is 4.41. The highest BCUT2D eigenvalue weighted by molar-refractivity contribution is 14.1. The van der Waals surface area contributed by atoms with E-state index in [1.807, 2.05) is 18.2 Å². The fraction of sp³-hybridized carbons (Fsp3) is 0.111. The van der Waals surface area contributed by atoms with E-state index in [1.54, 1.807) is 6.92 Å². The summed E-state index contributed by atoms with van der Waals surface area (Å²) in [6, 6.07) is 5.63. The molecule has 1 aromatic carbocycles. The van der Waals surface area contributed by atoms with Crippen molar-refractivity contribution >= 4 is 34.2 Å². The minimum Gasteiger partial charge on any atom is -0.334 e. The molecule has 0 saturated carbocycles. The van der Waals surface area contributed by atoms with E-state index in [0.717, 1.165) is 9.13 Å². The first-order valence-corrected chi connectivity index (χ1v) is 5.38. The van der Waals surface area contributed by atoms with Gasteiger partial charge in [0.15, 0.2) is 5.82 Å². The smallest absolute Gasteiger partial charge is 0.257 e. The van der Waals surface area contributed by atoms with Crippen LogP contribution in [0.25, 0.3) is 11.5 Å². The molecule has 14 heavy (non-hydrogen) atoms. The molecule has 0 saturated heterocycles. The summed E-state index contributed by atoms with van der Waals surface area (Å²) in [4.78, 5) is 4.11. The Hall–Kier alpha value is -0.620. The maximum atomic E-state index is 5.97. The van der Waals surface area contributed by atoms with Gasteiger partial charge in [0.25, 0.3) is 5.89 Å². The predicted molar refractivity (Wildman–Crippen MR) is 62.2 cm³/mol. The van der Waals surface area contributed by atoms with E-state index in [-0.39, 0.29) is 0 Å². The number of hydrogen-bond acceptors (Lipinski definition) is 3. The minimum atomic E-state index is 0.501. The summed E-state index contributed by atoms with van der Waals surface area (Å²) in [6.07, 6.45) is 0. The first kappa shape index (κ1) is 9.92. The van der Waals surface area contributed by atoms with Gasteiger partial charge in [0, 0.05) is 9.13 Å². The van der Waals surface area contributed by atoms with Gasteiger partial charge in [0.1, 0.15) is 0 Å². The first-order chi connectivity index (χ1) is 6.66. The van der Waals surface area contributed by atoms with Gasteiger partial charge in [-0.05, 0) is 47.7 Å². The van der Waals surface area contributed by atoms with Crippen molar-refractivity contribution in [2.24, 2.45) is 0 Å². The van der Waals surface area contributed by atoms with E-state index in [4.69, 9.17) is 16.1 Å². The van der Waals surface area contributed by atoms with Crippen molar-refractivity contribution in [2.45, 2.75) is 6.92 Å². The third-order valence-electron chi connectivity index (χ3n) is 1.69. The van der Waals surface area contributed by atoms with E-state index in [9.17, 15) is 0 Å². The maximum absolute atomic E-state index is 5.97. The zero-order valence-electron chi connectivity index (χ0n) is 7.29. The van der Waals surface area contributed by atoms with E-state index < -0.39 is 0 Å². The molecule has 1 heterocycles. The second-order valence-electron chi connectivity index (χ2n) is 2.78. The maximum Gasteiger partial charge on any atom is 0.257 e. The van der Waals surface area contributed by atoms with Crippen LogP contribution in [0.3, 0.4) is 0 Å². The Morgan fingerprint density at radius 3 is 2.79 bits per heavy atom. The molecule has 0 aliphatic rings. The number of aromatic nitrogens is 2. The molecule has 0 amide bonds. The van der Waals surface area contributed by atoms with Gasteiger partial charge in [0.05, 0.1) is 5.02 Å². The SMILES string of the molecule is Cc1noc(-c2ccc(I)c(Cl)c2)n1. The Bertz CT molecular complexity index is 470. The monoisotopic (exact) mass is 320 g/mol. The molecule has 0 fully saturated rings. The van der Waals surface area contributed by atoms with Crippen LogP contribution in [0.2, 0.25) is 5.02 Å². The van der Waals surface area contributed by atoms with Crippen LogP contribution in [0.4, 0.5) is 0 Å². The summed E-state index contributed by atoms with van der Waals surface area (Å²) in [5.74, 6) is 1.12. The molecule has 2 aromatic rings. The number of rotatable bonds is 1. The van der Waals surface area contributed by atoms with Crippen molar-refractivity contribution in [1.29, 1.82) is 0 Å². The molecule has 0 atom stereocenters. The van der Waals surface area contributed by atoms with E-state index in [1.165, 1.54) is 0 Å². The number of halogens is 2. The van der Waals surface area contributed by atoms with Crippen LogP contribution in [0.5, 0.6) is 0 Å². The lowest BCUT2D eigenvalue weighted by atomic mass is 10.2. The van der Waals surface area contributed by atoms with Gasteiger partial charge in [-0.25, -0.2) is 0 Å². The fourth-order valence-electron chi connectivity index (χ4n) is 1.04. The van der Waals surface area contributed by atoms with E-state index >= 15 is 0 Å². The zero-order chi connectivity index (χ0) is 10.1. The third-order valence-corrected chi connectivity index (χ3v) is 3.27. The quantitative estimate of drug-likeness (QED) is 0.757. The third kappa shape index (κ3) is 1.90. The van der Waals surface area contributed by atoms with Crippen LogP contribution < -0.4 is 0 Å². The summed E-state index contributed by atoms with van der Waals surface area (Å²) in [6.45, 7) is 1.78. The largest absolute Gasteiger partial charge is 0.334 e. The number of nitrogens with zero attached hydrogens (tertiary/aromatic N) is 2. The van der Waals surface area contributed by atoms with Gasteiger partial charge in [-0.2, -0.15) is 4.98 Å². The first-order valence-electron chi connectivity index (χ1n) is 3.92. The van der Waals surface area contributed by atoms with Crippen LogP contribution in [0.1, 0.15) is 5.82 Å². The Morgan fingerprint density at radius 2 is 2.21 bits per heavy atom. The normalized spacial score (nSPS) is 10.5. The number of aryl methyl sites for hydroxylation is 1. The van der Waals surface area contributed by atoms with Crippen molar-refractivity contribution in [3.8, 4) is 11.5 Å². The summed E-state index contributed by atoms with van der Waals surface area (Å²) in [5.41, 5.74) is 0.844. The average molecular weight is 321 g/mol. The van der Waals surface area contributed by atoms with Crippen LogP contribution in [0.15, 0.2) is 22.7 Å². The molecule has 0 N–H and O–H groups in total. The van der Waals surface area contributed by atoms with Crippen molar-refractivity contribution in [3.05, 3.63) is 32.6 Å². The molecule has 0 unspecified atom stereocenters. The summed E-state index contributed by atoms with van der Waals surface area (Å²) < 4.78 is 6.03. The Balaban J connectivity index is 2.47. The molecular formula is C9H6ClIN2O. The van der Waals surface area contributed by atoms with Gasteiger partial charge < -0.3 is 4.52 Å². The van der Waals surface area contributed by atoms with Gasteiger partial charge in [0.2, 0.25) is 0 Å². The Morgan fingerprint density at radius 1 is 1.43 bits per heavy atom. The number of hydrogen-bond donors (Lipinski definition) is 0. The molecule has 1 aromatic heterocycles. The molecule has 0 aliphatic carbocycles. The van der Waals surface area contributed by atoms with Crippen molar-refractivity contribution in [2.75, 3.05) is 0 Å². The zero-order valence-corrected chi connectivity index (χ0v) is 10.2. The predicted octanol–water partition coefficient (Wildman–Crippen LogP) is 3.30. The van der Waals surface area contributed by atoms with Crippen molar-refractivity contribution in [3.63, 3.8) is 0 Å². The highest BCUT2D eigenvalue weighted by Crippen LogP contribution is 2.25. The second-order valence-corrected chi connectivity index (χ2v) is 4.35. The Kier molecular flexibility index (Phi) is 2.73. The molecule has 72 valence electrons. The highest BCUT2D eigenvalue weighted by Gasteiger charge is 2.07. The van der Waals surface area contributed by atoms with E-state index in [2.05, 4.69) is 32.7 Å². The average Bonchev–Trinajstić information content (AvgIpc) is 2.57. The Labute approximate surface area is 99.6 Å². The molecule has 5 heteroatoms. The number of benzene rings is 1. The topological polar surface area (TPSA) is 38.9 Å². The van der Waals surface area contributed by atoms with Gasteiger partial charge in [-0.15, -0.1) is 0 Å². The highest BCUT2D eigenvalue weighted by atomic mass is 127. The van der Waals surface area contributed by atoms with Crippen molar-refractivity contribution < 1.29 is 4.52 Å². The molecular weight excluding hydrogens is 314 g/mol. The molecule has 0 radical (unpaired) electrons. The fourth-order valence-corrected chi connectivity index (χ4v) is 1.56. The lowest BCUT2D eigenvalue weighted by Gasteiger charge is -1.97. The van der Waals surface area contributed by atoms with Crippen LogP contribution in [0, 0.1) is 10.5 Å². The summed E-state index contributed by atoms with van der Waals surface area (Å²) >= 11 is 8.14. The standard InChI is InChI=1S/C9H6ClIN2O/c1-5-12-9(14-13-5)6-2-3-8(11)7(10)4-6/h2-4H,1H3. The summed E-state index contributed by atoms with van der Waals surface area (Å²) in [7, 11) is 0. The molecule has 3 nitrogen and oxygen atoms in total. The lowest BCUT2D eigenvalue weighted by molar-refractivity contribution is 0.425. The minimum absolute atomic E-state index is 0.501. The van der Waals surface area contributed by atoms with Gasteiger partial charge >= 0.3 is 0 Å².